The maximum atomic E-state index is 12.1. The van der Waals surface area contributed by atoms with Gasteiger partial charge in [0, 0.05) is 26.2 Å². The highest BCUT2D eigenvalue weighted by Gasteiger charge is 2.24. The molecule has 0 atom stereocenters. The van der Waals surface area contributed by atoms with Crippen molar-refractivity contribution in [3.63, 3.8) is 0 Å². The quantitative estimate of drug-likeness (QED) is 0.832. The molecule has 0 unspecified atom stereocenters. The number of carbonyl (C=O) groups excluding carboxylic acids is 1. The second-order valence-electron chi connectivity index (χ2n) is 4.42. The molecule has 1 aliphatic heterocycles. The van der Waals surface area contributed by atoms with Crippen molar-refractivity contribution >= 4 is 5.91 Å². The van der Waals surface area contributed by atoms with Gasteiger partial charge in [0.2, 0.25) is 5.91 Å². The van der Waals surface area contributed by atoms with Crippen LogP contribution in [0.3, 0.4) is 0 Å². The van der Waals surface area contributed by atoms with Crippen molar-refractivity contribution in [2.75, 3.05) is 20.3 Å². The minimum atomic E-state index is 0.0915. The number of nitrogens with zero attached hydrogens (tertiary/aromatic N) is 3. The van der Waals surface area contributed by atoms with Crippen molar-refractivity contribution in [2.24, 2.45) is 5.92 Å². The van der Waals surface area contributed by atoms with Crippen LogP contribution in [0.4, 0.5) is 0 Å². The average molecular weight is 238 g/mol. The molecule has 6 nitrogen and oxygen atoms in total. The molecule has 1 saturated heterocycles. The summed E-state index contributed by atoms with van der Waals surface area (Å²) < 4.78 is 5.25. The molecule has 0 bridgehead atoms. The number of hydrogen-bond donors (Lipinski definition) is 1. The molecule has 1 aliphatic rings. The van der Waals surface area contributed by atoms with Gasteiger partial charge in [-0.25, -0.2) is 4.98 Å². The van der Waals surface area contributed by atoms with E-state index in [0.29, 0.717) is 25.6 Å². The average Bonchev–Trinajstić information content (AvgIpc) is 2.75. The van der Waals surface area contributed by atoms with Gasteiger partial charge in [-0.05, 0) is 19.8 Å². The zero-order valence-corrected chi connectivity index (χ0v) is 10.3. The Kier molecular flexibility index (Phi) is 3.73. The zero-order chi connectivity index (χ0) is 12.3. The Balaban J connectivity index is 1.90. The summed E-state index contributed by atoms with van der Waals surface area (Å²) in [5.41, 5.74) is 0. The molecule has 1 aromatic heterocycles. The smallest absolute Gasteiger partial charge is 0.226 e. The van der Waals surface area contributed by atoms with Crippen LogP contribution in [-0.2, 0) is 16.1 Å². The first kappa shape index (κ1) is 12.0. The summed E-state index contributed by atoms with van der Waals surface area (Å²) in [5.74, 6) is 1.68. The van der Waals surface area contributed by atoms with Crippen LogP contribution in [-0.4, -0.2) is 46.2 Å². The molecule has 0 aliphatic carbocycles. The number of hydrogen-bond acceptors (Lipinski definition) is 4. The largest absolute Gasteiger partial charge is 0.381 e. The number of nitrogens with one attached hydrogen (secondary N) is 1. The molecule has 0 radical (unpaired) electrons. The SMILES string of the molecule is Cc1nc(CN(C)C(=O)C2CCOCC2)n[nH]1. The Bertz CT molecular complexity index is 385. The predicted molar refractivity (Wildman–Crippen MR) is 61.1 cm³/mol. The van der Waals surface area contributed by atoms with E-state index in [4.69, 9.17) is 4.74 Å². The van der Waals surface area contributed by atoms with Crippen molar-refractivity contribution in [1.29, 1.82) is 0 Å². The summed E-state index contributed by atoms with van der Waals surface area (Å²) in [4.78, 5) is 18.0. The van der Waals surface area contributed by atoms with Crippen molar-refractivity contribution in [2.45, 2.75) is 26.3 Å². The number of aromatic nitrogens is 3. The van der Waals surface area contributed by atoms with Gasteiger partial charge in [-0.3, -0.25) is 9.89 Å². The van der Waals surface area contributed by atoms with Crippen molar-refractivity contribution < 1.29 is 9.53 Å². The van der Waals surface area contributed by atoms with E-state index in [1.807, 2.05) is 6.92 Å². The lowest BCUT2D eigenvalue weighted by Crippen LogP contribution is -2.35. The van der Waals surface area contributed by atoms with E-state index in [2.05, 4.69) is 15.2 Å². The Morgan fingerprint density at radius 2 is 2.24 bits per heavy atom. The second kappa shape index (κ2) is 5.27. The normalized spacial score (nSPS) is 17.1. The van der Waals surface area contributed by atoms with Gasteiger partial charge in [0.05, 0.1) is 6.54 Å². The third-order valence-corrected chi connectivity index (χ3v) is 2.97. The maximum Gasteiger partial charge on any atom is 0.226 e. The van der Waals surface area contributed by atoms with Crippen LogP contribution in [0.5, 0.6) is 0 Å². The summed E-state index contributed by atoms with van der Waals surface area (Å²) >= 11 is 0. The van der Waals surface area contributed by atoms with Crippen LogP contribution in [0.15, 0.2) is 0 Å². The summed E-state index contributed by atoms with van der Waals surface area (Å²) in [6.07, 6.45) is 1.63. The minimum absolute atomic E-state index is 0.0915. The van der Waals surface area contributed by atoms with Crippen molar-refractivity contribution in [3.05, 3.63) is 11.6 Å². The van der Waals surface area contributed by atoms with Crippen molar-refractivity contribution in [3.8, 4) is 0 Å². The van der Waals surface area contributed by atoms with Gasteiger partial charge in [0.1, 0.15) is 5.82 Å². The van der Waals surface area contributed by atoms with E-state index < -0.39 is 0 Å². The van der Waals surface area contributed by atoms with Gasteiger partial charge >= 0.3 is 0 Å². The lowest BCUT2D eigenvalue weighted by molar-refractivity contribution is -0.137. The second-order valence-corrected chi connectivity index (χ2v) is 4.42. The first-order valence-corrected chi connectivity index (χ1v) is 5.87. The minimum Gasteiger partial charge on any atom is -0.381 e. The predicted octanol–water partition coefficient (Wildman–Crippen LogP) is 0.498. The lowest BCUT2D eigenvalue weighted by atomic mass is 9.99. The molecule has 17 heavy (non-hydrogen) atoms. The Morgan fingerprint density at radius 1 is 1.53 bits per heavy atom. The molecular formula is C11H18N4O2. The van der Waals surface area contributed by atoms with Crippen LogP contribution < -0.4 is 0 Å². The Labute approximate surface area is 100 Å². The number of aromatic amines is 1. The van der Waals surface area contributed by atoms with E-state index >= 15 is 0 Å². The first-order chi connectivity index (χ1) is 8.16. The number of H-pyrrole nitrogens is 1. The topological polar surface area (TPSA) is 71.1 Å². The molecule has 0 spiro atoms. The molecule has 2 rings (SSSR count). The number of carbonyl (C=O) groups is 1. The Hall–Kier alpha value is -1.43. The molecule has 1 amide bonds. The summed E-state index contributed by atoms with van der Waals surface area (Å²) in [7, 11) is 1.80. The van der Waals surface area contributed by atoms with E-state index in [9.17, 15) is 4.79 Å². The lowest BCUT2D eigenvalue weighted by Gasteiger charge is -2.25. The molecular weight excluding hydrogens is 220 g/mol. The highest BCUT2D eigenvalue weighted by atomic mass is 16.5. The fourth-order valence-electron chi connectivity index (χ4n) is 2.01. The first-order valence-electron chi connectivity index (χ1n) is 5.87. The molecule has 6 heteroatoms. The fourth-order valence-corrected chi connectivity index (χ4v) is 2.01. The van der Waals surface area contributed by atoms with E-state index in [1.54, 1.807) is 11.9 Å². The molecule has 0 aromatic carbocycles. The molecule has 94 valence electrons. The molecule has 1 aromatic rings. The van der Waals surface area contributed by atoms with Crippen LogP contribution in [0.1, 0.15) is 24.5 Å². The van der Waals surface area contributed by atoms with Gasteiger partial charge in [0.15, 0.2) is 5.82 Å². The molecule has 2 heterocycles. The van der Waals surface area contributed by atoms with Crippen LogP contribution in [0.2, 0.25) is 0 Å². The number of ether oxygens (including phenoxy) is 1. The van der Waals surface area contributed by atoms with Crippen LogP contribution >= 0.6 is 0 Å². The monoisotopic (exact) mass is 238 g/mol. The Morgan fingerprint density at radius 3 is 2.82 bits per heavy atom. The number of aryl methyl sites for hydroxylation is 1. The van der Waals surface area contributed by atoms with Gasteiger partial charge in [0.25, 0.3) is 0 Å². The highest BCUT2D eigenvalue weighted by molar-refractivity contribution is 5.78. The highest BCUT2D eigenvalue weighted by Crippen LogP contribution is 2.17. The third kappa shape index (κ3) is 3.03. The van der Waals surface area contributed by atoms with Crippen molar-refractivity contribution in [1.82, 2.24) is 20.1 Å². The van der Waals surface area contributed by atoms with Gasteiger partial charge in [-0.1, -0.05) is 0 Å². The fraction of sp³-hybridized carbons (Fsp3) is 0.727. The van der Waals surface area contributed by atoms with E-state index in [-0.39, 0.29) is 11.8 Å². The molecule has 0 saturated carbocycles. The van der Waals surface area contributed by atoms with Gasteiger partial charge < -0.3 is 9.64 Å². The van der Waals surface area contributed by atoms with E-state index in [0.717, 1.165) is 18.7 Å². The summed E-state index contributed by atoms with van der Waals surface area (Å²) in [6.45, 7) is 3.67. The van der Waals surface area contributed by atoms with E-state index in [1.165, 1.54) is 0 Å². The van der Waals surface area contributed by atoms with Crippen LogP contribution in [0.25, 0.3) is 0 Å². The maximum absolute atomic E-state index is 12.1. The number of rotatable bonds is 3. The molecule has 1 N–H and O–H groups in total. The van der Waals surface area contributed by atoms with Crippen LogP contribution in [0, 0.1) is 12.8 Å². The summed E-state index contributed by atoms with van der Waals surface area (Å²) in [5, 5.41) is 6.80. The van der Waals surface area contributed by atoms with Gasteiger partial charge in [-0.2, -0.15) is 5.10 Å². The molecule has 1 fully saturated rings. The van der Waals surface area contributed by atoms with Gasteiger partial charge in [-0.15, -0.1) is 0 Å². The zero-order valence-electron chi connectivity index (χ0n) is 10.3. The summed E-state index contributed by atoms with van der Waals surface area (Å²) in [6, 6.07) is 0. The standard InChI is InChI=1S/C11H18N4O2/c1-8-12-10(14-13-8)7-15(2)11(16)9-3-5-17-6-4-9/h9H,3-7H2,1-2H3,(H,12,13,14). The number of amides is 1. The third-order valence-electron chi connectivity index (χ3n) is 2.97.